The van der Waals surface area contributed by atoms with Crippen molar-refractivity contribution in [2.45, 2.75) is 26.3 Å². The average molecular weight is 448 g/mol. The highest BCUT2D eigenvalue weighted by molar-refractivity contribution is 7.91. The number of carbonyl (C=O) groups is 1. The first-order valence-corrected chi connectivity index (χ1v) is 12.2. The van der Waals surface area contributed by atoms with Gasteiger partial charge < -0.3 is 14.6 Å². The Kier molecular flexibility index (Phi) is 5.33. The van der Waals surface area contributed by atoms with Gasteiger partial charge >= 0.3 is 0 Å². The quantitative estimate of drug-likeness (QED) is 0.639. The van der Waals surface area contributed by atoms with Gasteiger partial charge in [0.15, 0.2) is 20.7 Å². The molecule has 1 aliphatic rings. The summed E-state index contributed by atoms with van der Waals surface area (Å²) in [5.74, 6) is 0.167. The van der Waals surface area contributed by atoms with Gasteiger partial charge in [-0.05, 0) is 26.0 Å². The molecule has 0 radical (unpaired) electrons. The van der Waals surface area contributed by atoms with Gasteiger partial charge in [0.2, 0.25) is 5.91 Å². The number of fused-ring (bicyclic) bond motifs is 3. The minimum atomic E-state index is -3.40. The normalized spacial score (nSPS) is 13.3. The molecule has 158 valence electrons. The third-order valence-corrected chi connectivity index (χ3v) is 6.42. The lowest BCUT2D eigenvalue weighted by Crippen LogP contribution is -2.21. The molecule has 0 bridgehead atoms. The zero-order valence-corrected chi connectivity index (χ0v) is 18.4. The van der Waals surface area contributed by atoms with Crippen LogP contribution in [0.1, 0.15) is 24.8 Å². The van der Waals surface area contributed by atoms with E-state index in [1.807, 2.05) is 10.6 Å². The fourth-order valence-corrected chi connectivity index (χ4v) is 4.80. The molecule has 3 aromatic rings. The minimum absolute atomic E-state index is 0.215. The lowest BCUT2D eigenvalue weighted by atomic mass is 10.1. The Balaban J connectivity index is 1.67. The number of benzene rings is 1. The van der Waals surface area contributed by atoms with Gasteiger partial charge in [0, 0.05) is 40.9 Å². The molecule has 2 aromatic heterocycles. The second-order valence-electron chi connectivity index (χ2n) is 7.37. The largest absolute Gasteiger partial charge is 0.492 e. The smallest absolute Gasteiger partial charge is 0.239 e. The van der Waals surface area contributed by atoms with Crippen LogP contribution < -0.4 is 10.1 Å². The van der Waals surface area contributed by atoms with Crippen molar-refractivity contribution in [3.05, 3.63) is 29.4 Å². The number of carbonyl (C=O) groups excluding carboxylic acids is 1. The number of hydrogen-bond acceptors (Lipinski definition) is 8. The topological polar surface area (TPSA) is 116 Å². The number of hydrogen-bond donors (Lipinski definition) is 1. The summed E-state index contributed by atoms with van der Waals surface area (Å²) in [6.45, 7) is 4.60. The first-order valence-electron chi connectivity index (χ1n) is 9.35. The Bertz CT molecular complexity index is 1210. The molecule has 1 aromatic carbocycles. The second-order valence-corrected chi connectivity index (χ2v) is 10.6. The number of aromatic nitrogens is 4. The van der Waals surface area contributed by atoms with E-state index in [-0.39, 0.29) is 6.04 Å². The van der Waals surface area contributed by atoms with E-state index >= 15 is 0 Å². The minimum Gasteiger partial charge on any atom is -0.492 e. The Morgan fingerprint density at radius 2 is 2.17 bits per heavy atom. The number of anilines is 1. The summed E-state index contributed by atoms with van der Waals surface area (Å²) in [5, 5.41) is 11.7. The van der Waals surface area contributed by atoms with Crippen molar-refractivity contribution in [1.82, 2.24) is 19.7 Å². The van der Waals surface area contributed by atoms with Gasteiger partial charge in [-0.1, -0.05) is 0 Å². The molecular weight excluding hydrogens is 426 g/mol. The van der Waals surface area contributed by atoms with Gasteiger partial charge in [-0.15, -0.1) is 21.5 Å². The molecule has 30 heavy (non-hydrogen) atoms. The van der Waals surface area contributed by atoms with Crippen molar-refractivity contribution in [1.29, 1.82) is 0 Å². The van der Waals surface area contributed by atoms with Crippen LogP contribution in [-0.4, -0.2) is 52.7 Å². The molecule has 0 saturated heterocycles. The summed E-state index contributed by atoms with van der Waals surface area (Å²) in [6, 6.07) is 5.45. The third-order valence-electron chi connectivity index (χ3n) is 4.52. The van der Waals surface area contributed by atoms with E-state index in [9.17, 15) is 13.2 Å². The van der Waals surface area contributed by atoms with Crippen LogP contribution in [-0.2, 0) is 21.1 Å². The van der Waals surface area contributed by atoms with E-state index in [1.165, 1.54) is 0 Å². The number of amides is 1. The van der Waals surface area contributed by atoms with Crippen LogP contribution in [0, 0.1) is 0 Å². The Morgan fingerprint density at radius 1 is 1.37 bits per heavy atom. The maximum Gasteiger partial charge on any atom is 0.239 e. The van der Waals surface area contributed by atoms with Crippen LogP contribution in [0.4, 0.5) is 5.69 Å². The molecule has 0 saturated carbocycles. The van der Waals surface area contributed by atoms with Gasteiger partial charge in [-0.3, -0.25) is 4.79 Å². The number of sulfone groups is 1. The van der Waals surface area contributed by atoms with Gasteiger partial charge in [-0.2, -0.15) is 0 Å². The van der Waals surface area contributed by atoms with E-state index in [0.29, 0.717) is 24.5 Å². The summed E-state index contributed by atoms with van der Waals surface area (Å²) in [4.78, 5) is 17.8. The summed E-state index contributed by atoms with van der Waals surface area (Å²) in [6.07, 6.45) is 3.43. The average Bonchev–Trinajstić information content (AvgIpc) is 3.24. The van der Waals surface area contributed by atoms with Crippen LogP contribution in [0.25, 0.3) is 22.1 Å². The molecule has 0 aliphatic carbocycles. The summed E-state index contributed by atoms with van der Waals surface area (Å²) >= 11 is 1.57. The molecule has 1 aliphatic heterocycles. The third kappa shape index (κ3) is 4.21. The highest BCUT2D eigenvalue weighted by Gasteiger charge is 2.24. The maximum absolute atomic E-state index is 11.9. The first kappa shape index (κ1) is 20.5. The molecule has 9 nitrogen and oxygen atoms in total. The standard InChI is InChI=1S/C19H21N5O4S2/c1-11(2)24-10-20-23-18(24)19-22-17-13-5-4-12(21-16(25)9-30(3,26)27)8-14(13)28-7-6-15(17)29-19/h4-5,8,10-11H,6-7,9H2,1-3H3,(H,21,25). The fraction of sp³-hybridized carbons (Fsp3) is 0.368. The van der Waals surface area contributed by atoms with Crippen molar-refractivity contribution in [2.24, 2.45) is 0 Å². The molecule has 0 fully saturated rings. The number of nitrogens with one attached hydrogen (secondary N) is 1. The van der Waals surface area contributed by atoms with Crippen molar-refractivity contribution in [2.75, 3.05) is 23.9 Å². The number of ether oxygens (including phenoxy) is 1. The molecule has 3 heterocycles. The van der Waals surface area contributed by atoms with Crippen LogP contribution in [0.5, 0.6) is 5.75 Å². The van der Waals surface area contributed by atoms with E-state index in [4.69, 9.17) is 9.72 Å². The SMILES string of the molecule is CC(C)n1cnnc1-c1nc2c(s1)CCOc1cc(NC(=O)CS(C)(=O)=O)ccc1-2. The molecule has 0 unspecified atom stereocenters. The Morgan fingerprint density at radius 3 is 2.90 bits per heavy atom. The van der Waals surface area contributed by atoms with Crippen LogP contribution in [0.2, 0.25) is 0 Å². The van der Waals surface area contributed by atoms with Crippen LogP contribution >= 0.6 is 11.3 Å². The number of rotatable bonds is 5. The lowest BCUT2D eigenvalue weighted by Gasteiger charge is -2.11. The van der Waals surface area contributed by atoms with Crippen molar-refractivity contribution in [3.63, 3.8) is 0 Å². The van der Waals surface area contributed by atoms with E-state index in [2.05, 4.69) is 29.4 Å². The van der Waals surface area contributed by atoms with Crippen LogP contribution in [0.15, 0.2) is 24.5 Å². The molecular formula is C19H21N5O4S2. The summed E-state index contributed by atoms with van der Waals surface area (Å²) in [5.41, 5.74) is 2.12. The predicted molar refractivity (Wildman–Crippen MR) is 114 cm³/mol. The van der Waals surface area contributed by atoms with E-state index < -0.39 is 21.5 Å². The van der Waals surface area contributed by atoms with Gasteiger partial charge in [0.25, 0.3) is 0 Å². The molecule has 0 spiro atoms. The molecule has 11 heteroatoms. The zero-order valence-electron chi connectivity index (χ0n) is 16.7. The van der Waals surface area contributed by atoms with Gasteiger partial charge in [0.05, 0.1) is 12.3 Å². The van der Waals surface area contributed by atoms with Crippen molar-refractivity contribution < 1.29 is 17.9 Å². The Hall–Kier alpha value is -2.79. The zero-order chi connectivity index (χ0) is 21.5. The highest BCUT2D eigenvalue weighted by Crippen LogP contribution is 2.41. The van der Waals surface area contributed by atoms with E-state index in [1.54, 1.807) is 29.8 Å². The molecule has 1 amide bonds. The lowest BCUT2D eigenvalue weighted by molar-refractivity contribution is -0.113. The molecule has 1 N–H and O–H groups in total. The predicted octanol–water partition coefficient (Wildman–Crippen LogP) is 2.57. The number of nitrogens with zero attached hydrogens (tertiary/aromatic N) is 4. The summed E-state index contributed by atoms with van der Waals surface area (Å²) in [7, 11) is -3.40. The first-order chi connectivity index (χ1) is 14.2. The monoisotopic (exact) mass is 447 g/mol. The molecule has 0 atom stereocenters. The highest BCUT2D eigenvalue weighted by atomic mass is 32.2. The van der Waals surface area contributed by atoms with Gasteiger partial charge in [0.1, 0.15) is 17.8 Å². The second kappa shape index (κ2) is 7.80. The van der Waals surface area contributed by atoms with E-state index in [0.717, 1.165) is 33.2 Å². The van der Waals surface area contributed by atoms with Crippen molar-refractivity contribution in [3.8, 4) is 27.8 Å². The Labute approximate surface area is 178 Å². The summed E-state index contributed by atoms with van der Waals surface area (Å²) < 4.78 is 30.5. The number of thiazole rings is 1. The fourth-order valence-electron chi connectivity index (χ4n) is 3.20. The van der Waals surface area contributed by atoms with Crippen molar-refractivity contribution >= 4 is 32.8 Å². The molecule has 4 rings (SSSR count). The maximum atomic E-state index is 11.9. The van der Waals surface area contributed by atoms with Crippen LogP contribution in [0.3, 0.4) is 0 Å². The van der Waals surface area contributed by atoms with Gasteiger partial charge in [-0.25, -0.2) is 13.4 Å².